The maximum absolute atomic E-state index is 12.8. The van der Waals surface area contributed by atoms with Crippen LogP contribution in [0.5, 0.6) is 0 Å². The van der Waals surface area contributed by atoms with Crippen molar-refractivity contribution in [3.63, 3.8) is 0 Å². The highest BCUT2D eigenvalue weighted by Crippen LogP contribution is 2.32. The van der Waals surface area contributed by atoms with Crippen molar-refractivity contribution in [3.05, 3.63) is 76.2 Å². The lowest BCUT2D eigenvalue weighted by molar-refractivity contribution is -0.132. The van der Waals surface area contributed by atoms with Crippen LogP contribution in [0.25, 0.3) is 6.08 Å². The highest BCUT2D eigenvalue weighted by molar-refractivity contribution is 8.26. The third-order valence-electron chi connectivity index (χ3n) is 5.28. The van der Waals surface area contributed by atoms with Crippen LogP contribution in [0.1, 0.15) is 43.4 Å². The quantitative estimate of drug-likeness (QED) is 0.383. The van der Waals surface area contributed by atoms with Crippen molar-refractivity contribution < 1.29 is 9.59 Å². The molecular weight excluding hydrogens is 424 g/mol. The van der Waals surface area contributed by atoms with Gasteiger partial charge in [0.25, 0.3) is 5.91 Å². The number of thioether (sulfide) groups is 1. The van der Waals surface area contributed by atoms with E-state index in [1.807, 2.05) is 60.4 Å². The normalized spacial score (nSPS) is 15.0. The van der Waals surface area contributed by atoms with Gasteiger partial charge in [-0.25, -0.2) is 0 Å². The topological polar surface area (TPSA) is 40.6 Å². The number of thiocarbonyl (C=S) groups is 1. The second-order valence-electron chi connectivity index (χ2n) is 7.43. The Balaban J connectivity index is 1.53. The van der Waals surface area contributed by atoms with Crippen molar-refractivity contribution in [3.8, 4) is 0 Å². The zero-order chi connectivity index (χ0) is 22.2. The highest BCUT2D eigenvalue weighted by atomic mass is 32.2. The summed E-state index contributed by atoms with van der Waals surface area (Å²) in [6.07, 6.45) is 3.87. The van der Waals surface area contributed by atoms with Crippen molar-refractivity contribution in [2.24, 2.45) is 0 Å². The molecule has 1 aliphatic heterocycles. The molecule has 31 heavy (non-hydrogen) atoms. The molecule has 4 nitrogen and oxygen atoms in total. The van der Waals surface area contributed by atoms with Crippen LogP contribution in [-0.4, -0.2) is 39.0 Å². The van der Waals surface area contributed by atoms with E-state index in [9.17, 15) is 9.59 Å². The molecule has 1 aliphatic rings. The average molecular weight is 453 g/mol. The number of rotatable bonds is 9. The molecule has 0 spiro atoms. The van der Waals surface area contributed by atoms with Gasteiger partial charge in [0.05, 0.1) is 4.91 Å². The zero-order valence-corrected chi connectivity index (χ0v) is 19.7. The molecule has 0 radical (unpaired) electrons. The molecule has 1 saturated heterocycles. The summed E-state index contributed by atoms with van der Waals surface area (Å²) in [7, 11) is 0. The first-order valence-corrected chi connectivity index (χ1v) is 11.9. The van der Waals surface area contributed by atoms with Crippen molar-refractivity contribution >= 4 is 46.2 Å². The summed E-state index contributed by atoms with van der Waals surface area (Å²) in [5.41, 5.74) is 3.38. The van der Waals surface area contributed by atoms with Crippen LogP contribution < -0.4 is 0 Å². The highest BCUT2D eigenvalue weighted by Gasteiger charge is 2.31. The minimum Gasteiger partial charge on any atom is -0.339 e. The molecule has 2 aromatic carbocycles. The van der Waals surface area contributed by atoms with E-state index in [0.717, 1.165) is 17.5 Å². The summed E-state index contributed by atoms with van der Waals surface area (Å²) in [6, 6.07) is 18.2. The number of hydrogen-bond acceptors (Lipinski definition) is 4. The molecule has 6 heteroatoms. The van der Waals surface area contributed by atoms with Gasteiger partial charge in [-0.05, 0) is 42.5 Å². The fourth-order valence-corrected chi connectivity index (χ4v) is 4.73. The first kappa shape index (κ1) is 23.2. The van der Waals surface area contributed by atoms with Gasteiger partial charge in [-0.15, -0.1) is 0 Å². The molecule has 0 atom stereocenters. The van der Waals surface area contributed by atoms with Gasteiger partial charge in [0.2, 0.25) is 5.91 Å². The largest absolute Gasteiger partial charge is 0.339 e. The Morgan fingerprint density at radius 2 is 1.77 bits per heavy atom. The molecule has 0 unspecified atom stereocenters. The monoisotopic (exact) mass is 452 g/mol. The Labute approximate surface area is 194 Å². The van der Waals surface area contributed by atoms with Crippen molar-refractivity contribution in [2.75, 3.05) is 13.1 Å². The SMILES string of the molecule is CCc1ccc(/C=C2\SC(=S)N(CCCC(=O)N(CC)Cc3ccccc3)C2=O)cc1. The fourth-order valence-electron chi connectivity index (χ4n) is 3.42. The first-order chi connectivity index (χ1) is 15.0. The molecule has 0 N–H and O–H groups in total. The van der Waals surface area contributed by atoms with E-state index in [0.29, 0.717) is 41.7 Å². The molecule has 1 fully saturated rings. The maximum atomic E-state index is 12.8. The molecule has 3 rings (SSSR count). The molecule has 162 valence electrons. The van der Waals surface area contributed by atoms with Crippen LogP contribution in [-0.2, 0) is 22.6 Å². The van der Waals surface area contributed by atoms with E-state index < -0.39 is 0 Å². The van der Waals surface area contributed by atoms with Crippen LogP contribution in [0, 0.1) is 0 Å². The van der Waals surface area contributed by atoms with Gasteiger partial charge in [-0.1, -0.05) is 85.5 Å². The molecule has 2 amide bonds. The second-order valence-corrected chi connectivity index (χ2v) is 9.10. The number of nitrogens with zero attached hydrogens (tertiary/aromatic N) is 2. The smallest absolute Gasteiger partial charge is 0.266 e. The van der Waals surface area contributed by atoms with Gasteiger partial charge < -0.3 is 4.90 Å². The lowest BCUT2D eigenvalue weighted by Gasteiger charge is -2.22. The number of hydrogen-bond donors (Lipinski definition) is 0. The Hall–Kier alpha value is -2.44. The third-order valence-corrected chi connectivity index (χ3v) is 6.66. The van der Waals surface area contributed by atoms with Crippen LogP contribution in [0.2, 0.25) is 0 Å². The molecular formula is C25H28N2O2S2. The lowest BCUT2D eigenvalue weighted by atomic mass is 10.1. The summed E-state index contributed by atoms with van der Waals surface area (Å²) in [5, 5.41) is 0. The summed E-state index contributed by atoms with van der Waals surface area (Å²) in [5.74, 6) is 0.0296. The predicted molar refractivity (Wildman–Crippen MR) is 132 cm³/mol. The Morgan fingerprint density at radius 3 is 2.42 bits per heavy atom. The molecule has 0 bridgehead atoms. The minimum atomic E-state index is -0.0707. The lowest BCUT2D eigenvalue weighted by Crippen LogP contribution is -2.32. The fraction of sp³-hybridized carbons (Fsp3) is 0.320. The van der Waals surface area contributed by atoms with Crippen molar-refractivity contribution in [1.29, 1.82) is 0 Å². The number of benzene rings is 2. The van der Waals surface area contributed by atoms with E-state index in [-0.39, 0.29) is 11.8 Å². The first-order valence-electron chi connectivity index (χ1n) is 10.7. The molecule has 0 saturated carbocycles. The minimum absolute atomic E-state index is 0.0707. The molecule has 0 aromatic heterocycles. The standard InChI is InChI=1S/C25H28N2O2S2/c1-3-19-12-14-20(15-13-19)17-22-24(29)27(25(30)31-22)16-8-11-23(28)26(4-2)18-21-9-6-5-7-10-21/h5-7,9-10,12-15,17H,3-4,8,11,16,18H2,1-2H3/b22-17-. The van der Waals surface area contributed by atoms with Crippen LogP contribution >= 0.6 is 24.0 Å². The van der Waals surface area contributed by atoms with E-state index >= 15 is 0 Å². The third kappa shape index (κ3) is 6.28. The summed E-state index contributed by atoms with van der Waals surface area (Å²) in [6.45, 7) is 5.84. The Kier molecular flexibility index (Phi) is 8.43. The summed E-state index contributed by atoms with van der Waals surface area (Å²) < 4.78 is 0.561. The van der Waals surface area contributed by atoms with E-state index in [2.05, 4.69) is 19.1 Å². The van der Waals surface area contributed by atoms with Gasteiger partial charge in [0.1, 0.15) is 4.32 Å². The number of aryl methyl sites for hydroxylation is 1. The zero-order valence-electron chi connectivity index (χ0n) is 18.0. The maximum Gasteiger partial charge on any atom is 0.266 e. The number of amides is 2. The second kappa shape index (κ2) is 11.3. The molecule has 1 heterocycles. The predicted octanol–water partition coefficient (Wildman–Crippen LogP) is 5.28. The number of carbonyl (C=O) groups is 2. The molecule has 0 aliphatic carbocycles. The van der Waals surface area contributed by atoms with Crippen molar-refractivity contribution in [2.45, 2.75) is 39.7 Å². The van der Waals surface area contributed by atoms with Gasteiger partial charge in [0.15, 0.2) is 0 Å². The van der Waals surface area contributed by atoms with E-state index in [4.69, 9.17) is 12.2 Å². The van der Waals surface area contributed by atoms with Crippen LogP contribution in [0.4, 0.5) is 0 Å². The Morgan fingerprint density at radius 1 is 1.06 bits per heavy atom. The van der Waals surface area contributed by atoms with Crippen LogP contribution in [0.3, 0.4) is 0 Å². The van der Waals surface area contributed by atoms with Crippen molar-refractivity contribution in [1.82, 2.24) is 9.80 Å². The van der Waals surface area contributed by atoms with E-state index in [1.165, 1.54) is 17.3 Å². The Bertz CT molecular complexity index is 955. The van der Waals surface area contributed by atoms with E-state index in [1.54, 1.807) is 4.90 Å². The molecule has 2 aromatic rings. The average Bonchev–Trinajstić information content (AvgIpc) is 3.05. The van der Waals surface area contributed by atoms with Gasteiger partial charge in [-0.2, -0.15) is 0 Å². The van der Waals surface area contributed by atoms with Gasteiger partial charge in [-0.3, -0.25) is 14.5 Å². The van der Waals surface area contributed by atoms with Gasteiger partial charge in [0, 0.05) is 26.1 Å². The summed E-state index contributed by atoms with van der Waals surface area (Å²) in [4.78, 5) is 29.6. The summed E-state index contributed by atoms with van der Waals surface area (Å²) >= 11 is 6.75. The number of carbonyl (C=O) groups excluding carboxylic acids is 2. The van der Waals surface area contributed by atoms with Gasteiger partial charge >= 0.3 is 0 Å². The van der Waals surface area contributed by atoms with Crippen LogP contribution in [0.15, 0.2) is 59.5 Å².